The third kappa shape index (κ3) is 9.08. The van der Waals surface area contributed by atoms with E-state index in [1.165, 1.54) is 4.90 Å². The molecule has 2 amide bonds. The lowest BCUT2D eigenvalue weighted by Crippen LogP contribution is -2.53. The van der Waals surface area contributed by atoms with Crippen LogP contribution in [0, 0.1) is 6.92 Å². The Morgan fingerprint density at radius 3 is 2.12 bits per heavy atom. The fourth-order valence-corrected chi connectivity index (χ4v) is 5.24. The van der Waals surface area contributed by atoms with E-state index >= 15 is 0 Å². The van der Waals surface area contributed by atoms with Crippen LogP contribution in [0.25, 0.3) is 0 Å². The molecule has 2 atom stereocenters. The van der Waals surface area contributed by atoms with Crippen molar-refractivity contribution in [3.63, 3.8) is 0 Å². The van der Waals surface area contributed by atoms with Crippen molar-refractivity contribution in [2.45, 2.75) is 65.8 Å². The Morgan fingerprint density at radius 2 is 1.54 bits per heavy atom. The highest BCUT2D eigenvalue weighted by Gasteiger charge is 2.32. The SMILES string of the molecule is CC[C@H](C)NC(=O)[C@H](CC)N(Cc1ccccc1C)C(=O)CN(c1ccc(OCc2ccccc2)cc1)S(C)(=O)=O. The van der Waals surface area contributed by atoms with Gasteiger partial charge < -0.3 is 15.0 Å². The molecule has 0 unspecified atom stereocenters. The second-order valence-corrected chi connectivity index (χ2v) is 12.1. The number of benzene rings is 3. The van der Waals surface area contributed by atoms with Gasteiger partial charge in [0, 0.05) is 12.6 Å². The molecule has 9 heteroatoms. The Kier molecular flexibility index (Phi) is 11.3. The van der Waals surface area contributed by atoms with Gasteiger partial charge in [-0.2, -0.15) is 0 Å². The first-order valence-electron chi connectivity index (χ1n) is 13.9. The molecule has 0 saturated heterocycles. The second kappa shape index (κ2) is 14.7. The number of carbonyl (C=O) groups excluding carboxylic acids is 2. The van der Waals surface area contributed by atoms with Crippen molar-refractivity contribution < 1.29 is 22.7 Å². The average Bonchev–Trinajstić information content (AvgIpc) is 2.95. The molecule has 3 rings (SSSR count). The van der Waals surface area contributed by atoms with Crippen molar-refractivity contribution in [2.75, 3.05) is 17.1 Å². The lowest BCUT2D eigenvalue weighted by molar-refractivity contribution is -0.140. The summed E-state index contributed by atoms with van der Waals surface area (Å²) in [6, 6.07) is 23.2. The molecule has 0 fully saturated rings. The van der Waals surface area contributed by atoms with Gasteiger partial charge in [-0.1, -0.05) is 68.4 Å². The van der Waals surface area contributed by atoms with Crippen LogP contribution in [-0.2, 0) is 32.8 Å². The maximum absolute atomic E-state index is 13.9. The van der Waals surface area contributed by atoms with E-state index in [1.807, 2.05) is 82.3 Å². The molecule has 0 bridgehead atoms. The van der Waals surface area contributed by atoms with Gasteiger partial charge in [-0.25, -0.2) is 8.42 Å². The Hall–Kier alpha value is -3.85. The normalized spacial score (nSPS) is 12.7. The van der Waals surface area contributed by atoms with Gasteiger partial charge in [0.2, 0.25) is 21.8 Å². The number of sulfonamides is 1. The van der Waals surface area contributed by atoms with Crippen LogP contribution in [-0.4, -0.2) is 50.0 Å². The summed E-state index contributed by atoms with van der Waals surface area (Å²) in [7, 11) is -3.83. The van der Waals surface area contributed by atoms with Gasteiger partial charge in [-0.05, 0) is 67.6 Å². The zero-order valence-corrected chi connectivity index (χ0v) is 25.4. The smallest absolute Gasteiger partial charge is 0.244 e. The Morgan fingerprint density at radius 1 is 0.902 bits per heavy atom. The molecular formula is C32H41N3O5S. The van der Waals surface area contributed by atoms with Crippen molar-refractivity contribution in [3.05, 3.63) is 95.6 Å². The molecule has 0 radical (unpaired) electrons. The number of anilines is 1. The van der Waals surface area contributed by atoms with Crippen LogP contribution in [0.5, 0.6) is 5.75 Å². The molecule has 0 saturated carbocycles. The van der Waals surface area contributed by atoms with Crippen molar-refractivity contribution >= 4 is 27.5 Å². The quantitative estimate of drug-likeness (QED) is 0.288. The molecule has 0 aliphatic heterocycles. The van der Waals surface area contributed by atoms with Crippen molar-refractivity contribution in [1.29, 1.82) is 0 Å². The topological polar surface area (TPSA) is 96.0 Å². The van der Waals surface area contributed by atoms with E-state index in [4.69, 9.17) is 4.74 Å². The molecule has 1 N–H and O–H groups in total. The molecule has 0 heterocycles. The number of nitrogens with zero attached hydrogens (tertiary/aromatic N) is 2. The molecular weight excluding hydrogens is 538 g/mol. The maximum atomic E-state index is 13.9. The average molecular weight is 580 g/mol. The number of rotatable bonds is 14. The highest BCUT2D eigenvalue weighted by Crippen LogP contribution is 2.24. The molecule has 3 aromatic rings. The molecule has 220 valence electrons. The van der Waals surface area contributed by atoms with Crippen molar-refractivity contribution in [1.82, 2.24) is 10.2 Å². The van der Waals surface area contributed by atoms with Crippen LogP contribution < -0.4 is 14.4 Å². The molecule has 0 aliphatic rings. The predicted molar refractivity (Wildman–Crippen MR) is 163 cm³/mol. The monoisotopic (exact) mass is 579 g/mol. The number of aryl methyl sites for hydroxylation is 1. The van der Waals surface area contributed by atoms with Gasteiger partial charge in [-0.15, -0.1) is 0 Å². The first-order valence-corrected chi connectivity index (χ1v) is 15.8. The van der Waals surface area contributed by atoms with Crippen LogP contribution in [0.15, 0.2) is 78.9 Å². The number of nitrogens with one attached hydrogen (secondary N) is 1. The molecule has 0 aromatic heterocycles. The minimum atomic E-state index is -3.83. The number of hydrogen-bond donors (Lipinski definition) is 1. The summed E-state index contributed by atoms with van der Waals surface area (Å²) in [4.78, 5) is 28.7. The van der Waals surface area contributed by atoms with Crippen molar-refractivity contribution in [2.24, 2.45) is 0 Å². The number of amides is 2. The van der Waals surface area contributed by atoms with Crippen molar-refractivity contribution in [3.8, 4) is 5.75 Å². The van der Waals surface area contributed by atoms with E-state index < -0.39 is 28.5 Å². The highest BCUT2D eigenvalue weighted by atomic mass is 32.2. The molecule has 0 spiro atoms. The minimum absolute atomic E-state index is 0.0536. The first kappa shape index (κ1) is 31.7. The summed E-state index contributed by atoms with van der Waals surface area (Å²) in [6.07, 6.45) is 2.20. The molecule has 0 aliphatic carbocycles. The number of carbonyl (C=O) groups is 2. The summed E-state index contributed by atoms with van der Waals surface area (Å²) in [6.45, 7) is 7.80. The highest BCUT2D eigenvalue weighted by molar-refractivity contribution is 7.92. The van der Waals surface area contributed by atoms with Gasteiger partial charge in [-0.3, -0.25) is 13.9 Å². The first-order chi connectivity index (χ1) is 19.5. The summed E-state index contributed by atoms with van der Waals surface area (Å²) in [5, 5.41) is 2.98. The predicted octanol–water partition coefficient (Wildman–Crippen LogP) is 5.06. The van der Waals surface area contributed by atoms with E-state index in [-0.39, 0.29) is 18.5 Å². The van der Waals surface area contributed by atoms with Gasteiger partial charge in [0.15, 0.2) is 0 Å². The zero-order chi connectivity index (χ0) is 30.0. The number of hydrogen-bond acceptors (Lipinski definition) is 5. The summed E-state index contributed by atoms with van der Waals surface area (Å²) in [5.74, 6) is -0.143. The van der Waals surface area contributed by atoms with Crippen LogP contribution in [0.2, 0.25) is 0 Å². The minimum Gasteiger partial charge on any atom is -0.489 e. The van der Waals surface area contributed by atoms with Crippen LogP contribution in [0.3, 0.4) is 0 Å². The van der Waals surface area contributed by atoms with Crippen LogP contribution >= 0.6 is 0 Å². The Balaban J connectivity index is 1.86. The zero-order valence-electron chi connectivity index (χ0n) is 24.5. The number of ether oxygens (including phenoxy) is 1. The third-order valence-electron chi connectivity index (χ3n) is 7.04. The van der Waals surface area contributed by atoms with Gasteiger partial charge in [0.1, 0.15) is 24.9 Å². The second-order valence-electron chi connectivity index (χ2n) is 10.2. The lowest BCUT2D eigenvalue weighted by atomic mass is 10.1. The molecule has 41 heavy (non-hydrogen) atoms. The lowest BCUT2D eigenvalue weighted by Gasteiger charge is -2.33. The van der Waals surface area contributed by atoms with Gasteiger partial charge in [0.25, 0.3) is 0 Å². The third-order valence-corrected chi connectivity index (χ3v) is 8.18. The summed E-state index contributed by atoms with van der Waals surface area (Å²) < 4.78 is 32.7. The van der Waals surface area contributed by atoms with E-state index in [0.29, 0.717) is 24.5 Å². The van der Waals surface area contributed by atoms with Crippen LogP contribution in [0.4, 0.5) is 5.69 Å². The standard InChI is InChI=1S/C32H41N3O5S/c1-6-25(4)33-32(37)30(7-2)34(21-27-16-12-11-13-24(27)3)31(36)22-35(41(5,38)39)28-17-19-29(20-18-28)40-23-26-14-9-8-10-15-26/h8-20,25,30H,6-7,21-23H2,1-5H3,(H,33,37)/t25-,30-/m0/s1. The van der Waals surface area contributed by atoms with Gasteiger partial charge >= 0.3 is 0 Å². The van der Waals surface area contributed by atoms with E-state index in [2.05, 4.69) is 5.32 Å². The molecule has 8 nitrogen and oxygen atoms in total. The molecule has 3 aromatic carbocycles. The summed E-state index contributed by atoms with van der Waals surface area (Å²) >= 11 is 0. The fourth-order valence-electron chi connectivity index (χ4n) is 4.39. The summed E-state index contributed by atoms with van der Waals surface area (Å²) in [5.41, 5.74) is 3.22. The van der Waals surface area contributed by atoms with E-state index in [0.717, 1.165) is 33.7 Å². The van der Waals surface area contributed by atoms with Crippen LogP contribution in [0.1, 0.15) is 50.3 Å². The Bertz CT molecular complexity index is 1390. The van der Waals surface area contributed by atoms with E-state index in [9.17, 15) is 18.0 Å². The maximum Gasteiger partial charge on any atom is 0.244 e. The fraction of sp³-hybridized carbons (Fsp3) is 0.375. The Labute approximate surface area is 244 Å². The van der Waals surface area contributed by atoms with E-state index in [1.54, 1.807) is 24.3 Å². The van der Waals surface area contributed by atoms with Gasteiger partial charge in [0.05, 0.1) is 11.9 Å². The largest absolute Gasteiger partial charge is 0.489 e.